The van der Waals surface area contributed by atoms with E-state index in [2.05, 4.69) is 33.1 Å². The number of rotatable bonds is 2. The zero-order valence-electron chi connectivity index (χ0n) is 15.1. The molecule has 2 aliphatic heterocycles. The largest absolute Gasteiger partial charge is 0.468 e. The predicted molar refractivity (Wildman–Crippen MR) is 107 cm³/mol. The first kappa shape index (κ1) is 17.2. The Kier molecular flexibility index (Phi) is 4.43. The Morgan fingerprint density at radius 1 is 1.04 bits per heavy atom. The van der Waals surface area contributed by atoms with E-state index in [1.54, 1.807) is 0 Å². The van der Waals surface area contributed by atoms with Gasteiger partial charge in [-0.15, -0.1) is 0 Å². The van der Waals surface area contributed by atoms with Gasteiger partial charge in [-0.05, 0) is 48.7 Å². The third kappa shape index (κ3) is 3.16. The molecule has 0 unspecified atom stereocenters. The smallest absolute Gasteiger partial charge is 0.190 e. The summed E-state index contributed by atoms with van der Waals surface area (Å²) < 4.78 is 20.9. The van der Waals surface area contributed by atoms with Crippen LogP contribution in [0.4, 0.5) is 4.39 Å². The summed E-state index contributed by atoms with van der Waals surface area (Å²) in [7, 11) is 0. The summed E-state index contributed by atoms with van der Waals surface area (Å²) in [5.41, 5.74) is 3.18. The minimum absolute atomic E-state index is 0.0121. The van der Waals surface area contributed by atoms with Crippen LogP contribution in [0.3, 0.4) is 0 Å². The maximum absolute atomic E-state index is 13.3. The zero-order chi connectivity index (χ0) is 18.4. The molecule has 5 rings (SSSR count). The van der Waals surface area contributed by atoms with Gasteiger partial charge in [0, 0.05) is 22.4 Å². The molecule has 0 radical (unpaired) electrons. The minimum Gasteiger partial charge on any atom is -0.468 e. The van der Waals surface area contributed by atoms with E-state index in [1.165, 1.54) is 49.8 Å². The Morgan fingerprint density at radius 2 is 1.81 bits per heavy atom. The van der Waals surface area contributed by atoms with E-state index in [4.69, 9.17) is 9.84 Å². The summed E-state index contributed by atoms with van der Waals surface area (Å²) in [6, 6.07) is 13.1. The molecular weight excluding hydrogens is 407 g/mol. The molecule has 1 aliphatic carbocycles. The fourth-order valence-corrected chi connectivity index (χ4v) is 5.01. The number of halogens is 2. The van der Waals surface area contributed by atoms with E-state index >= 15 is 0 Å². The summed E-state index contributed by atoms with van der Waals surface area (Å²) >= 11 is 3.59. The lowest BCUT2D eigenvalue weighted by atomic mass is 9.86. The van der Waals surface area contributed by atoms with Crippen LogP contribution in [0.15, 0.2) is 52.0 Å². The highest BCUT2D eigenvalue weighted by Gasteiger charge is 2.43. The molecule has 2 heterocycles. The highest BCUT2D eigenvalue weighted by molar-refractivity contribution is 9.10. The van der Waals surface area contributed by atoms with Gasteiger partial charge in [-0.1, -0.05) is 47.3 Å². The van der Waals surface area contributed by atoms with Crippen molar-refractivity contribution in [2.45, 2.75) is 50.8 Å². The normalized spacial score (nSPS) is 24.8. The van der Waals surface area contributed by atoms with Crippen LogP contribution in [0.5, 0.6) is 5.75 Å². The number of benzene rings is 2. The number of hydrogen-bond acceptors (Lipinski definition) is 3. The molecule has 5 heteroatoms. The molecule has 2 aromatic rings. The third-order valence-electron chi connectivity index (χ3n) is 6.01. The summed E-state index contributed by atoms with van der Waals surface area (Å²) in [5, 5.41) is 7.17. The molecule has 0 aromatic heterocycles. The Bertz CT molecular complexity index is 876. The lowest BCUT2D eigenvalue weighted by molar-refractivity contribution is -0.0644. The second kappa shape index (κ2) is 6.93. The molecular formula is C22H22BrFN2O. The first-order chi connectivity index (χ1) is 13.2. The van der Waals surface area contributed by atoms with Crippen molar-refractivity contribution in [3.05, 3.63) is 63.9 Å². The molecule has 0 bridgehead atoms. The molecule has 0 N–H and O–H groups in total. The van der Waals surface area contributed by atoms with E-state index in [9.17, 15) is 4.39 Å². The van der Waals surface area contributed by atoms with Crippen LogP contribution < -0.4 is 4.74 Å². The first-order valence-corrected chi connectivity index (χ1v) is 10.6. The summed E-state index contributed by atoms with van der Waals surface area (Å²) in [6.45, 7) is 0. The molecule has 1 saturated carbocycles. The van der Waals surface area contributed by atoms with Gasteiger partial charge in [0.2, 0.25) is 0 Å². The molecule has 0 saturated heterocycles. The number of hydrazone groups is 1. The molecule has 140 valence electrons. The Labute approximate surface area is 167 Å². The monoisotopic (exact) mass is 428 g/mol. The van der Waals surface area contributed by atoms with Crippen LogP contribution in [-0.2, 0) is 0 Å². The molecule has 3 aliphatic rings. The lowest BCUT2D eigenvalue weighted by Crippen LogP contribution is -2.45. The van der Waals surface area contributed by atoms with E-state index in [0.29, 0.717) is 5.92 Å². The molecule has 2 atom stereocenters. The Hall–Kier alpha value is -1.88. The fraction of sp³-hybridized carbons (Fsp3) is 0.409. The Morgan fingerprint density at radius 3 is 2.59 bits per heavy atom. The molecule has 3 nitrogen and oxygen atoms in total. The van der Waals surface area contributed by atoms with Crippen molar-refractivity contribution in [2.24, 2.45) is 11.0 Å². The van der Waals surface area contributed by atoms with Crippen molar-refractivity contribution in [3.8, 4) is 5.75 Å². The third-order valence-corrected chi connectivity index (χ3v) is 6.51. The van der Waals surface area contributed by atoms with Crippen LogP contribution in [-0.4, -0.2) is 16.9 Å². The van der Waals surface area contributed by atoms with E-state index in [0.717, 1.165) is 27.9 Å². The van der Waals surface area contributed by atoms with Crippen molar-refractivity contribution in [1.82, 2.24) is 5.01 Å². The number of hydrogen-bond donors (Lipinski definition) is 0. The quantitative estimate of drug-likeness (QED) is 0.582. The van der Waals surface area contributed by atoms with Crippen LogP contribution in [0.1, 0.15) is 55.7 Å². The molecule has 1 fully saturated rings. The molecule has 27 heavy (non-hydrogen) atoms. The van der Waals surface area contributed by atoms with Gasteiger partial charge in [0.05, 0.1) is 11.8 Å². The highest BCUT2D eigenvalue weighted by atomic mass is 79.9. The van der Waals surface area contributed by atoms with E-state index in [1.807, 2.05) is 18.2 Å². The van der Waals surface area contributed by atoms with Crippen LogP contribution in [0.2, 0.25) is 0 Å². The maximum atomic E-state index is 13.3. The average molecular weight is 429 g/mol. The van der Waals surface area contributed by atoms with Gasteiger partial charge in [0.25, 0.3) is 0 Å². The van der Waals surface area contributed by atoms with Gasteiger partial charge in [-0.3, -0.25) is 0 Å². The fourth-order valence-electron chi connectivity index (χ4n) is 4.63. The SMILES string of the molecule is Fc1ccc(C2=NN3[C@H](C2)c2cc(Br)ccc2O[C@@H]3C2CCCCC2)cc1. The van der Waals surface area contributed by atoms with Crippen molar-refractivity contribution in [1.29, 1.82) is 0 Å². The van der Waals surface area contributed by atoms with Gasteiger partial charge in [-0.25, -0.2) is 9.40 Å². The van der Waals surface area contributed by atoms with Crippen LogP contribution >= 0.6 is 15.9 Å². The van der Waals surface area contributed by atoms with Gasteiger partial charge >= 0.3 is 0 Å². The van der Waals surface area contributed by atoms with E-state index < -0.39 is 0 Å². The van der Waals surface area contributed by atoms with Gasteiger partial charge in [0.15, 0.2) is 6.23 Å². The lowest BCUT2D eigenvalue weighted by Gasteiger charge is -2.42. The second-order valence-corrected chi connectivity index (χ2v) is 8.66. The van der Waals surface area contributed by atoms with Gasteiger partial charge < -0.3 is 4.74 Å². The summed E-state index contributed by atoms with van der Waals surface area (Å²) in [6.07, 6.45) is 7.06. The topological polar surface area (TPSA) is 24.8 Å². The molecule has 2 aromatic carbocycles. The zero-order valence-corrected chi connectivity index (χ0v) is 16.7. The minimum atomic E-state index is -0.215. The van der Waals surface area contributed by atoms with Crippen LogP contribution in [0.25, 0.3) is 0 Å². The number of nitrogens with zero attached hydrogens (tertiary/aromatic N) is 2. The predicted octanol–water partition coefficient (Wildman–Crippen LogP) is 6.04. The first-order valence-electron chi connectivity index (χ1n) is 9.77. The number of fused-ring (bicyclic) bond motifs is 3. The summed E-state index contributed by atoms with van der Waals surface area (Å²) in [5.74, 6) is 1.27. The summed E-state index contributed by atoms with van der Waals surface area (Å²) in [4.78, 5) is 0. The standard InChI is InChI=1S/C22H22BrFN2O/c23-16-8-11-21-18(12-16)20-13-19(14-6-9-17(24)10-7-14)25-26(20)22(27-21)15-4-2-1-3-5-15/h6-12,15,20,22H,1-5,13H2/t20-,22-/m1/s1. The van der Waals surface area contributed by atoms with Crippen molar-refractivity contribution in [2.75, 3.05) is 0 Å². The second-order valence-electron chi connectivity index (χ2n) is 7.74. The van der Waals surface area contributed by atoms with Crippen molar-refractivity contribution in [3.63, 3.8) is 0 Å². The maximum Gasteiger partial charge on any atom is 0.190 e. The Balaban J connectivity index is 1.53. The molecule has 0 spiro atoms. The van der Waals surface area contributed by atoms with Crippen molar-refractivity contribution < 1.29 is 9.13 Å². The average Bonchev–Trinajstić information content (AvgIpc) is 3.14. The van der Waals surface area contributed by atoms with E-state index in [-0.39, 0.29) is 18.1 Å². The van der Waals surface area contributed by atoms with Crippen LogP contribution in [0, 0.1) is 11.7 Å². The number of ether oxygens (including phenoxy) is 1. The van der Waals surface area contributed by atoms with Crippen molar-refractivity contribution >= 4 is 21.6 Å². The van der Waals surface area contributed by atoms with Gasteiger partial charge in [-0.2, -0.15) is 5.10 Å². The van der Waals surface area contributed by atoms with Gasteiger partial charge in [0.1, 0.15) is 11.6 Å². The molecule has 0 amide bonds. The highest BCUT2D eigenvalue weighted by Crippen LogP contribution is 2.47.